The summed E-state index contributed by atoms with van der Waals surface area (Å²) in [7, 11) is 0. The maximum atomic E-state index is 12.8. The SMILES string of the molecule is CC(NC(=O)NCC(O)c1ccc(F)cc1)C1CCCO1. The Morgan fingerprint density at radius 3 is 2.81 bits per heavy atom. The van der Waals surface area contributed by atoms with Gasteiger partial charge in [-0.25, -0.2) is 9.18 Å². The summed E-state index contributed by atoms with van der Waals surface area (Å²) in [5.74, 6) is -0.359. The van der Waals surface area contributed by atoms with Crippen LogP contribution in [0.4, 0.5) is 9.18 Å². The van der Waals surface area contributed by atoms with Crippen LogP contribution in [0.2, 0.25) is 0 Å². The number of nitrogens with one attached hydrogen (secondary N) is 2. The topological polar surface area (TPSA) is 70.6 Å². The van der Waals surface area contributed by atoms with E-state index in [1.165, 1.54) is 24.3 Å². The summed E-state index contributed by atoms with van der Waals surface area (Å²) in [6, 6.07) is 5.12. The molecule has 1 heterocycles. The minimum atomic E-state index is -0.866. The van der Waals surface area contributed by atoms with E-state index in [1.54, 1.807) is 0 Å². The number of benzene rings is 1. The number of hydrogen-bond donors (Lipinski definition) is 3. The molecular formula is C15H21FN2O3. The monoisotopic (exact) mass is 296 g/mol. The van der Waals surface area contributed by atoms with Crippen LogP contribution in [0.1, 0.15) is 31.4 Å². The molecule has 0 aromatic heterocycles. The number of amides is 2. The number of carbonyl (C=O) groups is 1. The van der Waals surface area contributed by atoms with Gasteiger partial charge < -0.3 is 20.5 Å². The second-order valence-corrected chi connectivity index (χ2v) is 5.26. The van der Waals surface area contributed by atoms with Crippen molar-refractivity contribution in [2.75, 3.05) is 13.2 Å². The molecule has 1 aromatic rings. The number of urea groups is 1. The largest absolute Gasteiger partial charge is 0.387 e. The zero-order valence-corrected chi connectivity index (χ0v) is 12.0. The second kappa shape index (κ2) is 7.38. The first-order valence-electron chi connectivity index (χ1n) is 7.16. The summed E-state index contributed by atoms with van der Waals surface area (Å²) in [4.78, 5) is 11.8. The van der Waals surface area contributed by atoms with E-state index in [4.69, 9.17) is 4.74 Å². The number of ether oxygens (including phenoxy) is 1. The van der Waals surface area contributed by atoms with Crippen molar-refractivity contribution in [1.82, 2.24) is 10.6 Å². The van der Waals surface area contributed by atoms with Gasteiger partial charge in [0.2, 0.25) is 0 Å². The lowest BCUT2D eigenvalue weighted by Gasteiger charge is -2.21. The fourth-order valence-corrected chi connectivity index (χ4v) is 2.34. The smallest absolute Gasteiger partial charge is 0.315 e. The van der Waals surface area contributed by atoms with Gasteiger partial charge in [0, 0.05) is 13.2 Å². The summed E-state index contributed by atoms with van der Waals surface area (Å²) in [6.07, 6.45) is 1.15. The Morgan fingerprint density at radius 2 is 2.19 bits per heavy atom. The van der Waals surface area contributed by atoms with Crippen molar-refractivity contribution < 1.29 is 19.0 Å². The normalized spacial score (nSPS) is 20.8. The third-order valence-electron chi connectivity index (χ3n) is 3.59. The molecule has 1 aliphatic rings. The van der Waals surface area contributed by atoms with Crippen LogP contribution in [-0.4, -0.2) is 36.4 Å². The highest BCUT2D eigenvalue weighted by atomic mass is 19.1. The van der Waals surface area contributed by atoms with Crippen molar-refractivity contribution in [3.63, 3.8) is 0 Å². The van der Waals surface area contributed by atoms with Crippen LogP contribution in [0.25, 0.3) is 0 Å². The highest BCUT2D eigenvalue weighted by molar-refractivity contribution is 5.74. The highest BCUT2D eigenvalue weighted by Gasteiger charge is 2.23. The average Bonchev–Trinajstić information content (AvgIpc) is 3.00. The third kappa shape index (κ3) is 4.68. The van der Waals surface area contributed by atoms with Gasteiger partial charge in [-0.05, 0) is 37.5 Å². The summed E-state index contributed by atoms with van der Waals surface area (Å²) < 4.78 is 18.3. The molecule has 3 unspecified atom stereocenters. The Morgan fingerprint density at radius 1 is 1.48 bits per heavy atom. The van der Waals surface area contributed by atoms with Crippen LogP contribution in [0.5, 0.6) is 0 Å². The lowest BCUT2D eigenvalue weighted by Crippen LogP contribution is -2.46. The maximum Gasteiger partial charge on any atom is 0.315 e. The van der Waals surface area contributed by atoms with Crippen LogP contribution in [-0.2, 0) is 4.74 Å². The summed E-state index contributed by atoms with van der Waals surface area (Å²) in [5.41, 5.74) is 0.559. The van der Waals surface area contributed by atoms with E-state index in [1.807, 2.05) is 6.92 Å². The number of carbonyl (C=O) groups excluding carboxylic acids is 1. The molecule has 1 aliphatic heterocycles. The van der Waals surface area contributed by atoms with Crippen LogP contribution >= 0.6 is 0 Å². The molecule has 1 saturated heterocycles. The lowest BCUT2D eigenvalue weighted by atomic mass is 10.1. The molecule has 0 aliphatic carbocycles. The minimum absolute atomic E-state index is 0.0535. The van der Waals surface area contributed by atoms with Crippen LogP contribution in [0, 0.1) is 5.82 Å². The molecule has 116 valence electrons. The average molecular weight is 296 g/mol. The molecule has 1 aromatic carbocycles. The standard InChI is InChI=1S/C15H21FN2O3/c1-10(14-3-2-8-21-14)18-15(20)17-9-13(19)11-4-6-12(16)7-5-11/h4-7,10,13-14,19H,2-3,8-9H2,1H3,(H2,17,18,20). The molecular weight excluding hydrogens is 275 g/mol. The van der Waals surface area contributed by atoms with E-state index in [9.17, 15) is 14.3 Å². The van der Waals surface area contributed by atoms with Gasteiger partial charge in [0.05, 0.1) is 18.2 Å². The van der Waals surface area contributed by atoms with Crippen molar-refractivity contribution in [1.29, 1.82) is 0 Å². The first kappa shape index (κ1) is 15.7. The van der Waals surface area contributed by atoms with E-state index in [-0.39, 0.29) is 30.5 Å². The molecule has 0 radical (unpaired) electrons. The first-order chi connectivity index (χ1) is 10.1. The van der Waals surface area contributed by atoms with Gasteiger partial charge in [-0.3, -0.25) is 0 Å². The van der Waals surface area contributed by atoms with E-state index in [2.05, 4.69) is 10.6 Å². The Labute approximate surface area is 123 Å². The molecule has 1 fully saturated rings. The van der Waals surface area contributed by atoms with Gasteiger partial charge >= 0.3 is 6.03 Å². The van der Waals surface area contributed by atoms with Crippen LogP contribution in [0.3, 0.4) is 0 Å². The number of aliphatic hydroxyl groups excluding tert-OH is 1. The van der Waals surface area contributed by atoms with Gasteiger partial charge in [-0.15, -0.1) is 0 Å². The number of hydrogen-bond acceptors (Lipinski definition) is 3. The fraction of sp³-hybridized carbons (Fsp3) is 0.533. The van der Waals surface area contributed by atoms with Crippen molar-refractivity contribution in [3.8, 4) is 0 Å². The predicted molar refractivity (Wildman–Crippen MR) is 76.3 cm³/mol. The van der Waals surface area contributed by atoms with Crippen molar-refractivity contribution >= 4 is 6.03 Å². The van der Waals surface area contributed by atoms with Gasteiger partial charge in [0.15, 0.2) is 0 Å². The number of halogens is 1. The Hall–Kier alpha value is -1.66. The molecule has 0 saturated carbocycles. The Kier molecular flexibility index (Phi) is 5.52. The van der Waals surface area contributed by atoms with E-state index in [0.717, 1.165) is 19.4 Å². The predicted octanol–water partition coefficient (Wildman–Crippen LogP) is 1.73. The molecule has 5 nitrogen and oxygen atoms in total. The van der Waals surface area contributed by atoms with Gasteiger partial charge in [-0.2, -0.15) is 0 Å². The molecule has 3 N–H and O–H groups in total. The first-order valence-corrected chi connectivity index (χ1v) is 7.16. The van der Waals surface area contributed by atoms with E-state index in [0.29, 0.717) is 5.56 Å². The highest BCUT2D eigenvalue weighted by Crippen LogP contribution is 2.15. The molecule has 0 spiro atoms. The minimum Gasteiger partial charge on any atom is -0.387 e. The van der Waals surface area contributed by atoms with Gasteiger partial charge in [-0.1, -0.05) is 12.1 Å². The van der Waals surface area contributed by atoms with Crippen molar-refractivity contribution in [2.45, 2.75) is 38.0 Å². The zero-order chi connectivity index (χ0) is 15.2. The molecule has 6 heteroatoms. The van der Waals surface area contributed by atoms with Crippen LogP contribution in [0.15, 0.2) is 24.3 Å². The zero-order valence-electron chi connectivity index (χ0n) is 12.0. The summed E-state index contributed by atoms with van der Waals surface area (Å²) in [5, 5.41) is 15.3. The lowest BCUT2D eigenvalue weighted by molar-refractivity contribution is 0.0856. The fourth-order valence-electron chi connectivity index (χ4n) is 2.34. The maximum absolute atomic E-state index is 12.8. The molecule has 2 amide bonds. The van der Waals surface area contributed by atoms with Gasteiger partial charge in [0.1, 0.15) is 5.82 Å². The summed E-state index contributed by atoms with van der Waals surface area (Å²) in [6.45, 7) is 2.70. The van der Waals surface area contributed by atoms with Crippen molar-refractivity contribution in [2.24, 2.45) is 0 Å². The van der Waals surface area contributed by atoms with Crippen LogP contribution < -0.4 is 10.6 Å². The molecule has 21 heavy (non-hydrogen) atoms. The van der Waals surface area contributed by atoms with E-state index >= 15 is 0 Å². The third-order valence-corrected chi connectivity index (χ3v) is 3.59. The Balaban J connectivity index is 1.74. The van der Waals surface area contributed by atoms with E-state index < -0.39 is 6.10 Å². The summed E-state index contributed by atoms with van der Waals surface area (Å²) >= 11 is 0. The second-order valence-electron chi connectivity index (χ2n) is 5.26. The number of rotatable bonds is 5. The molecule has 3 atom stereocenters. The van der Waals surface area contributed by atoms with Crippen molar-refractivity contribution in [3.05, 3.63) is 35.6 Å². The number of aliphatic hydroxyl groups is 1. The quantitative estimate of drug-likeness (QED) is 0.775. The molecule has 2 rings (SSSR count). The molecule has 0 bridgehead atoms. The van der Waals surface area contributed by atoms with Gasteiger partial charge in [0.25, 0.3) is 0 Å². The Bertz CT molecular complexity index is 460.